The number of aliphatic hydroxyl groups is 1. The number of nitro benzene ring substituents is 1. The number of nitrogens with zero attached hydrogens (tertiary/aromatic N) is 2. The molecule has 1 fully saturated rings. The van der Waals surface area contributed by atoms with E-state index in [4.69, 9.17) is 0 Å². The van der Waals surface area contributed by atoms with Crippen LogP contribution in [0.1, 0.15) is 26.2 Å². The van der Waals surface area contributed by atoms with Gasteiger partial charge in [0.1, 0.15) is 5.69 Å². The van der Waals surface area contributed by atoms with Gasteiger partial charge in [0.25, 0.3) is 5.69 Å². The van der Waals surface area contributed by atoms with Gasteiger partial charge in [-0.1, -0.05) is 6.92 Å². The van der Waals surface area contributed by atoms with Crippen LogP contribution in [0.4, 0.5) is 11.4 Å². The molecule has 1 saturated heterocycles. The van der Waals surface area contributed by atoms with Gasteiger partial charge in [-0.2, -0.15) is 4.31 Å². The lowest BCUT2D eigenvalue weighted by atomic mass is 10.2. The molecule has 2 rings (SSSR count). The Morgan fingerprint density at radius 1 is 1.39 bits per heavy atom. The minimum atomic E-state index is -3.70. The molecule has 0 bridgehead atoms. The van der Waals surface area contributed by atoms with Crippen LogP contribution in [0, 0.1) is 10.1 Å². The Balaban J connectivity index is 2.37. The third-order valence-corrected chi connectivity index (χ3v) is 5.84. The van der Waals surface area contributed by atoms with Crippen molar-refractivity contribution in [1.29, 1.82) is 0 Å². The number of benzene rings is 1. The molecule has 0 amide bonds. The van der Waals surface area contributed by atoms with Crippen LogP contribution in [0.25, 0.3) is 0 Å². The first-order chi connectivity index (χ1) is 10.9. The minimum Gasteiger partial charge on any atom is -0.394 e. The molecule has 1 heterocycles. The lowest BCUT2D eigenvalue weighted by Crippen LogP contribution is -2.28. The Morgan fingerprint density at radius 3 is 2.57 bits per heavy atom. The van der Waals surface area contributed by atoms with Crippen LogP contribution >= 0.6 is 0 Å². The lowest BCUT2D eigenvalue weighted by molar-refractivity contribution is -0.384. The summed E-state index contributed by atoms with van der Waals surface area (Å²) in [5.41, 5.74) is -0.103. The molecular formula is C14H21N3O5S. The third kappa shape index (κ3) is 3.80. The van der Waals surface area contributed by atoms with Crippen LogP contribution in [-0.2, 0) is 10.0 Å². The summed E-state index contributed by atoms with van der Waals surface area (Å²) in [6.45, 7) is 2.56. The fraction of sp³-hybridized carbons (Fsp3) is 0.571. The van der Waals surface area contributed by atoms with Crippen LogP contribution in [0.3, 0.4) is 0 Å². The van der Waals surface area contributed by atoms with E-state index in [0.29, 0.717) is 19.5 Å². The van der Waals surface area contributed by atoms with Gasteiger partial charge in [-0.25, -0.2) is 8.42 Å². The van der Waals surface area contributed by atoms with Gasteiger partial charge in [-0.15, -0.1) is 0 Å². The smallest absolute Gasteiger partial charge is 0.293 e. The minimum absolute atomic E-state index is 0.0753. The third-order valence-electron chi connectivity index (χ3n) is 3.94. The maximum atomic E-state index is 12.5. The number of aliphatic hydroxyl groups excluding tert-OH is 1. The number of hydrogen-bond acceptors (Lipinski definition) is 6. The molecule has 23 heavy (non-hydrogen) atoms. The molecule has 1 atom stereocenters. The first-order valence-electron chi connectivity index (χ1n) is 7.56. The Kier molecular flexibility index (Phi) is 5.55. The fourth-order valence-electron chi connectivity index (χ4n) is 2.52. The second kappa shape index (κ2) is 7.24. The summed E-state index contributed by atoms with van der Waals surface area (Å²) in [6.07, 6.45) is 2.19. The van der Waals surface area contributed by atoms with Gasteiger partial charge in [-0.3, -0.25) is 10.1 Å². The number of anilines is 1. The van der Waals surface area contributed by atoms with Gasteiger partial charge in [0.2, 0.25) is 10.0 Å². The molecule has 0 aromatic heterocycles. The van der Waals surface area contributed by atoms with Gasteiger partial charge in [0.05, 0.1) is 16.4 Å². The molecular weight excluding hydrogens is 322 g/mol. The van der Waals surface area contributed by atoms with Crippen LogP contribution in [-0.4, -0.2) is 48.5 Å². The molecule has 128 valence electrons. The average Bonchev–Trinajstić information content (AvgIpc) is 3.07. The highest BCUT2D eigenvalue weighted by Gasteiger charge is 2.29. The Hall–Kier alpha value is -1.71. The second-order valence-electron chi connectivity index (χ2n) is 5.48. The molecule has 1 aromatic carbocycles. The van der Waals surface area contributed by atoms with Crippen LogP contribution in [0.5, 0.6) is 0 Å². The highest BCUT2D eigenvalue weighted by atomic mass is 32.2. The SMILES string of the molecule is CCC(CO)Nc1ccc(S(=O)(=O)N2CCCC2)cc1[N+](=O)[O-]. The monoisotopic (exact) mass is 343 g/mol. The number of nitrogens with one attached hydrogen (secondary N) is 1. The van der Waals surface area contributed by atoms with Crippen LogP contribution < -0.4 is 5.32 Å². The number of hydrogen-bond donors (Lipinski definition) is 2. The van der Waals surface area contributed by atoms with Gasteiger partial charge >= 0.3 is 0 Å². The second-order valence-corrected chi connectivity index (χ2v) is 7.42. The maximum Gasteiger partial charge on any atom is 0.293 e. The van der Waals surface area contributed by atoms with E-state index in [-0.39, 0.29) is 28.9 Å². The molecule has 0 radical (unpaired) electrons. The standard InChI is InChI=1S/C14H21N3O5S/c1-2-11(10-18)15-13-6-5-12(9-14(13)17(19)20)23(21,22)16-7-3-4-8-16/h5-6,9,11,15,18H,2-4,7-8,10H2,1H3. The van der Waals surface area contributed by atoms with Crippen molar-refractivity contribution in [2.45, 2.75) is 37.1 Å². The largest absolute Gasteiger partial charge is 0.394 e. The molecule has 2 N–H and O–H groups in total. The summed E-state index contributed by atoms with van der Waals surface area (Å²) >= 11 is 0. The number of nitro groups is 1. The van der Waals surface area contributed by atoms with E-state index in [9.17, 15) is 23.6 Å². The summed E-state index contributed by atoms with van der Waals surface area (Å²) in [5, 5.41) is 23.4. The fourth-order valence-corrected chi connectivity index (χ4v) is 4.06. The summed E-state index contributed by atoms with van der Waals surface area (Å²) < 4.78 is 26.3. The molecule has 9 heteroatoms. The van der Waals surface area contributed by atoms with Gasteiger partial charge in [0.15, 0.2) is 0 Å². The Bertz CT molecular complexity index is 667. The van der Waals surface area contributed by atoms with Crippen molar-refractivity contribution >= 4 is 21.4 Å². The van der Waals surface area contributed by atoms with Crippen molar-refractivity contribution in [1.82, 2.24) is 4.31 Å². The molecule has 0 saturated carbocycles. The van der Waals surface area contributed by atoms with Gasteiger partial charge in [-0.05, 0) is 31.4 Å². The number of sulfonamides is 1. The predicted molar refractivity (Wildman–Crippen MR) is 85.9 cm³/mol. The van der Waals surface area contributed by atoms with E-state index in [1.165, 1.54) is 16.4 Å². The van der Waals surface area contributed by atoms with Crippen molar-refractivity contribution < 1.29 is 18.4 Å². The van der Waals surface area contributed by atoms with Crippen molar-refractivity contribution in [3.63, 3.8) is 0 Å². The zero-order chi connectivity index (χ0) is 17.0. The molecule has 1 aromatic rings. The Morgan fingerprint density at radius 2 is 2.04 bits per heavy atom. The molecule has 1 aliphatic rings. The lowest BCUT2D eigenvalue weighted by Gasteiger charge is -2.18. The molecule has 0 spiro atoms. The zero-order valence-corrected chi connectivity index (χ0v) is 13.8. The van der Waals surface area contributed by atoms with Crippen molar-refractivity contribution in [2.75, 3.05) is 25.0 Å². The zero-order valence-electron chi connectivity index (χ0n) is 12.9. The van der Waals surface area contributed by atoms with Gasteiger partial charge < -0.3 is 10.4 Å². The van der Waals surface area contributed by atoms with E-state index >= 15 is 0 Å². The average molecular weight is 343 g/mol. The topological polar surface area (TPSA) is 113 Å². The molecule has 1 aliphatic heterocycles. The first kappa shape index (κ1) is 17.6. The van der Waals surface area contributed by atoms with Gasteiger partial charge in [0, 0.05) is 25.2 Å². The van der Waals surface area contributed by atoms with E-state index < -0.39 is 14.9 Å². The van der Waals surface area contributed by atoms with Crippen molar-refractivity contribution in [3.05, 3.63) is 28.3 Å². The van der Waals surface area contributed by atoms with E-state index in [1.54, 1.807) is 0 Å². The number of rotatable bonds is 7. The summed E-state index contributed by atoms with van der Waals surface area (Å²) in [4.78, 5) is 10.6. The first-order valence-corrected chi connectivity index (χ1v) is 9.00. The summed E-state index contributed by atoms with van der Waals surface area (Å²) in [7, 11) is -3.70. The van der Waals surface area contributed by atoms with Crippen LogP contribution in [0.2, 0.25) is 0 Å². The van der Waals surface area contributed by atoms with E-state index in [2.05, 4.69) is 5.32 Å². The molecule has 1 unspecified atom stereocenters. The predicted octanol–water partition coefficient (Wildman–Crippen LogP) is 1.56. The Labute approximate surface area is 135 Å². The quantitative estimate of drug-likeness (QED) is 0.574. The van der Waals surface area contributed by atoms with E-state index in [1.807, 2.05) is 6.92 Å². The van der Waals surface area contributed by atoms with Crippen molar-refractivity contribution in [2.24, 2.45) is 0 Å². The maximum absolute atomic E-state index is 12.5. The molecule has 8 nitrogen and oxygen atoms in total. The normalized spacial score (nSPS) is 17.1. The summed E-state index contributed by atoms with van der Waals surface area (Å²) in [5.74, 6) is 0. The highest BCUT2D eigenvalue weighted by Crippen LogP contribution is 2.30. The molecule has 0 aliphatic carbocycles. The van der Waals surface area contributed by atoms with Crippen LogP contribution in [0.15, 0.2) is 23.1 Å². The van der Waals surface area contributed by atoms with Crippen molar-refractivity contribution in [3.8, 4) is 0 Å². The summed E-state index contributed by atoms with van der Waals surface area (Å²) in [6, 6.07) is 3.52. The van der Waals surface area contributed by atoms with E-state index in [0.717, 1.165) is 18.9 Å². The highest BCUT2D eigenvalue weighted by molar-refractivity contribution is 7.89.